The first kappa shape index (κ1) is 11.7. The van der Waals surface area contributed by atoms with Gasteiger partial charge in [0.25, 0.3) is 0 Å². The molecule has 1 aromatic rings. The molecule has 2 heterocycles. The van der Waals surface area contributed by atoms with Crippen molar-refractivity contribution in [3.8, 4) is 0 Å². The molecular weight excluding hydrogens is 230 g/mol. The fourth-order valence-electron chi connectivity index (χ4n) is 2.70. The fourth-order valence-corrected chi connectivity index (χ4v) is 2.70. The van der Waals surface area contributed by atoms with Crippen LogP contribution in [-0.2, 0) is 16.1 Å². The highest BCUT2D eigenvalue weighted by atomic mass is 16.5. The van der Waals surface area contributed by atoms with Gasteiger partial charge in [-0.1, -0.05) is 0 Å². The average Bonchev–Trinajstić information content (AvgIpc) is 2.95. The molecule has 1 atom stereocenters. The maximum Gasteiger partial charge on any atom is 0.310 e. The number of hydrogen-bond donors (Lipinski definition) is 0. The molecule has 0 radical (unpaired) electrons. The van der Waals surface area contributed by atoms with Crippen molar-refractivity contribution in [1.82, 2.24) is 14.5 Å². The van der Waals surface area contributed by atoms with E-state index in [2.05, 4.69) is 14.5 Å². The fraction of sp³-hybridized carbons (Fsp3) is 0.692. The molecule has 0 spiro atoms. The highest BCUT2D eigenvalue weighted by Crippen LogP contribution is 2.36. The van der Waals surface area contributed by atoms with E-state index in [4.69, 9.17) is 4.74 Å². The lowest BCUT2D eigenvalue weighted by Gasteiger charge is -2.16. The van der Waals surface area contributed by atoms with Crippen LogP contribution in [0.4, 0.5) is 0 Å². The van der Waals surface area contributed by atoms with Gasteiger partial charge in [0.05, 0.1) is 25.0 Å². The SMILES string of the molecule is COC(=O)C1CCN(Cc2cncn2C2CC2)C1. The van der Waals surface area contributed by atoms with E-state index in [9.17, 15) is 4.79 Å². The molecule has 2 fully saturated rings. The zero-order chi connectivity index (χ0) is 12.5. The average molecular weight is 249 g/mol. The minimum atomic E-state index is -0.0757. The van der Waals surface area contributed by atoms with E-state index in [1.165, 1.54) is 25.6 Å². The van der Waals surface area contributed by atoms with E-state index >= 15 is 0 Å². The number of rotatable bonds is 4. The van der Waals surface area contributed by atoms with Crippen molar-refractivity contribution in [1.29, 1.82) is 0 Å². The Kier molecular flexibility index (Phi) is 3.07. The molecule has 1 aliphatic carbocycles. The first-order valence-corrected chi connectivity index (χ1v) is 6.59. The molecule has 0 N–H and O–H groups in total. The Labute approximate surface area is 107 Å². The predicted molar refractivity (Wildman–Crippen MR) is 65.9 cm³/mol. The van der Waals surface area contributed by atoms with Gasteiger partial charge < -0.3 is 9.30 Å². The standard InChI is InChI=1S/C13H19N3O2/c1-18-13(17)10-4-5-15(7-10)8-12-6-14-9-16(12)11-2-3-11/h6,9-11H,2-5,7-8H2,1H3. The Morgan fingerprint density at radius 1 is 1.50 bits per heavy atom. The van der Waals surface area contributed by atoms with Gasteiger partial charge in [-0.05, 0) is 25.8 Å². The summed E-state index contributed by atoms with van der Waals surface area (Å²) in [5.41, 5.74) is 1.27. The van der Waals surface area contributed by atoms with Gasteiger partial charge in [-0.2, -0.15) is 0 Å². The highest BCUT2D eigenvalue weighted by Gasteiger charge is 2.30. The molecule has 98 valence electrons. The number of methoxy groups -OCH3 is 1. The topological polar surface area (TPSA) is 47.4 Å². The van der Waals surface area contributed by atoms with E-state index in [0.29, 0.717) is 6.04 Å². The van der Waals surface area contributed by atoms with Crippen molar-refractivity contribution in [2.45, 2.75) is 31.8 Å². The second-order valence-corrected chi connectivity index (χ2v) is 5.27. The summed E-state index contributed by atoms with van der Waals surface area (Å²) in [6.45, 7) is 2.67. The second-order valence-electron chi connectivity index (χ2n) is 5.27. The van der Waals surface area contributed by atoms with E-state index in [1.807, 2.05) is 12.5 Å². The van der Waals surface area contributed by atoms with Crippen molar-refractivity contribution in [3.05, 3.63) is 18.2 Å². The quantitative estimate of drug-likeness (QED) is 0.753. The summed E-state index contributed by atoms with van der Waals surface area (Å²) in [5, 5.41) is 0. The van der Waals surface area contributed by atoms with E-state index in [0.717, 1.165) is 26.1 Å². The summed E-state index contributed by atoms with van der Waals surface area (Å²) >= 11 is 0. The van der Waals surface area contributed by atoms with E-state index in [1.54, 1.807) is 0 Å². The van der Waals surface area contributed by atoms with Crippen LogP contribution >= 0.6 is 0 Å². The Hall–Kier alpha value is -1.36. The third-order valence-corrected chi connectivity index (χ3v) is 3.88. The van der Waals surface area contributed by atoms with Crippen molar-refractivity contribution < 1.29 is 9.53 Å². The van der Waals surface area contributed by atoms with Gasteiger partial charge in [0.15, 0.2) is 0 Å². The second kappa shape index (κ2) is 4.72. The number of aromatic nitrogens is 2. The Morgan fingerprint density at radius 3 is 3.06 bits per heavy atom. The number of ether oxygens (including phenoxy) is 1. The number of carbonyl (C=O) groups is 1. The molecule has 1 aliphatic heterocycles. The van der Waals surface area contributed by atoms with Gasteiger partial charge in [-0.3, -0.25) is 9.69 Å². The molecule has 3 rings (SSSR count). The summed E-state index contributed by atoms with van der Waals surface area (Å²) in [7, 11) is 1.47. The summed E-state index contributed by atoms with van der Waals surface area (Å²) in [6, 6.07) is 0.668. The zero-order valence-electron chi connectivity index (χ0n) is 10.7. The Balaban J connectivity index is 1.60. The molecule has 1 saturated heterocycles. The number of imidazole rings is 1. The first-order chi connectivity index (χ1) is 8.78. The van der Waals surface area contributed by atoms with Crippen molar-refractivity contribution >= 4 is 5.97 Å². The number of likely N-dealkylation sites (tertiary alicyclic amines) is 1. The van der Waals surface area contributed by atoms with Gasteiger partial charge >= 0.3 is 5.97 Å². The van der Waals surface area contributed by atoms with Crippen LogP contribution in [-0.4, -0.2) is 40.6 Å². The molecule has 5 heteroatoms. The van der Waals surface area contributed by atoms with Crippen LogP contribution in [0.1, 0.15) is 31.0 Å². The van der Waals surface area contributed by atoms with Crippen molar-refractivity contribution in [2.75, 3.05) is 20.2 Å². The minimum Gasteiger partial charge on any atom is -0.469 e. The molecule has 1 saturated carbocycles. The Morgan fingerprint density at radius 2 is 2.33 bits per heavy atom. The summed E-state index contributed by atoms with van der Waals surface area (Å²) in [6.07, 6.45) is 7.33. The Bertz CT molecular complexity index is 439. The normalized spacial score (nSPS) is 24.4. The van der Waals surface area contributed by atoms with Crippen LogP contribution < -0.4 is 0 Å². The number of esters is 1. The van der Waals surface area contributed by atoms with Crippen molar-refractivity contribution in [3.63, 3.8) is 0 Å². The number of nitrogens with zero attached hydrogens (tertiary/aromatic N) is 3. The number of hydrogen-bond acceptors (Lipinski definition) is 4. The molecule has 1 unspecified atom stereocenters. The van der Waals surface area contributed by atoms with Crippen LogP contribution in [0, 0.1) is 5.92 Å². The molecule has 0 bridgehead atoms. The maximum atomic E-state index is 11.5. The largest absolute Gasteiger partial charge is 0.469 e. The lowest BCUT2D eigenvalue weighted by atomic mass is 10.1. The third kappa shape index (κ3) is 2.27. The molecule has 0 amide bonds. The van der Waals surface area contributed by atoms with Gasteiger partial charge in [0.1, 0.15) is 0 Å². The molecule has 0 aromatic carbocycles. The van der Waals surface area contributed by atoms with Crippen LogP contribution in [0.25, 0.3) is 0 Å². The molecule has 5 nitrogen and oxygen atoms in total. The lowest BCUT2D eigenvalue weighted by molar-refractivity contribution is -0.144. The summed E-state index contributed by atoms with van der Waals surface area (Å²) in [5.74, 6) is -0.0273. The number of carbonyl (C=O) groups excluding carboxylic acids is 1. The van der Waals surface area contributed by atoms with Gasteiger partial charge in [0, 0.05) is 25.3 Å². The van der Waals surface area contributed by atoms with Crippen LogP contribution in [0.3, 0.4) is 0 Å². The molecular formula is C13H19N3O2. The smallest absolute Gasteiger partial charge is 0.310 e. The molecule has 18 heavy (non-hydrogen) atoms. The molecule has 1 aromatic heterocycles. The van der Waals surface area contributed by atoms with Crippen LogP contribution in [0.5, 0.6) is 0 Å². The molecule has 2 aliphatic rings. The van der Waals surface area contributed by atoms with Crippen molar-refractivity contribution in [2.24, 2.45) is 5.92 Å². The van der Waals surface area contributed by atoms with Gasteiger partial charge in [-0.25, -0.2) is 4.98 Å². The minimum absolute atomic E-state index is 0.0484. The van der Waals surface area contributed by atoms with Crippen LogP contribution in [0.2, 0.25) is 0 Å². The lowest BCUT2D eigenvalue weighted by Crippen LogP contribution is -2.24. The zero-order valence-corrected chi connectivity index (χ0v) is 10.7. The van der Waals surface area contributed by atoms with Crippen LogP contribution in [0.15, 0.2) is 12.5 Å². The van der Waals surface area contributed by atoms with Gasteiger partial charge in [-0.15, -0.1) is 0 Å². The third-order valence-electron chi connectivity index (χ3n) is 3.88. The predicted octanol–water partition coefficient (Wildman–Crippen LogP) is 1.21. The monoisotopic (exact) mass is 249 g/mol. The highest BCUT2D eigenvalue weighted by molar-refractivity contribution is 5.72. The van der Waals surface area contributed by atoms with Gasteiger partial charge in [0.2, 0.25) is 0 Å². The summed E-state index contributed by atoms with van der Waals surface area (Å²) < 4.78 is 7.09. The first-order valence-electron chi connectivity index (χ1n) is 6.59. The van der Waals surface area contributed by atoms with E-state index in [-0.39, 0.29) is 11.9 Å². The summed E-state index contributed by atoms with van der Waals surface area (Å²) in [4.78, 5) is 18.0. The van der Waals surface area contributed by atoms with E-state index < -0.39 is 0 Å². The maximum absolute atomic E-state index is 11.5.